The molecule has 112 valence electrons. The molecule has 0 spiro atoms. The number of carbonyl (C=O) groups excluding carboxylic acids is 1. The predicted octanol–water partition coefficient (Wildman–Crippen LogP) is 1.84. The zero-order chi connectivity index (χ0) is 14.9. The van der Waals surface area contributed by atoms with Gasteiger partial charge in [0.15, 0.2) is 11.5 Å². The molecule has 1 amide bonds. The van der Waals surface area contributed by atoms with Crippen LogP contribution in [0.15, 0.2) is 30.5 Å². The van der Waals surface area contributed by atoms with Gasteiger partial charge < -0.3 is 20.1 Å². The highest BCUT2D eigenvalue weighted by Crippen LogP contribution is 2.34. The van der Waals surface area contributed by atoms with Crippen molar-refractivity contribution < 1.29 is 14.3 Å². The molecular formula is C15H14N4O3. The molecule has 2 aliphatic rings. The summed E-state index contributed by atoms with van der Waals surface area (Å²) in [6.07, 6.45) is 3.64. The summed E-state index contributed by atoms with van der Waals surface area (Å²) < 4.78 is 10.6. The Hall–Kier alpha value is -2.83. The van der Waals surface area contributed by atoms with Crippen LogP contribution in [0.3, 0.4) is 0 Å². The lowest BCUT2D eigenvalue weighted by Crippen LogP contribution is -2.26. The second kappa shape index (κ2) is 5.18. The summed E-state index contributed by atoms with van der Waals surface area (Å²) >= 11 is 0. The zero-order valence-electron chi connectivity index (χ0n) is 11.7. The Labute approximate surface area is 126 Å². The number of benzene rings is 1. The van der Waals surface area contributed by atoms with E-state index in [1.54, 1.807) is 12.3 Å². The van der Waals surface area contributed by atoms with Crippen LogP contribution in [0.4, 0.5) is 11.6 Å². The van der Waals surface area contributed by atoms with E-state index in [9.17, 15) is 4.79 Å². The molecule has 7 heteroatoms. The van der Waals surface area contributed by atoms with Crippen LogP contribution < -0.4 is 20.1 Å². The van der Waals surface area contributed by atoms with Gasteiger partial charge in [-0.3, -0.25) is 4.79 Å². The molecule has 0 unspecified atom stereocenters. The summed E-state index contributed by atoms with van der Waals surface area (Å²) in [5.41, 5.74) is 1.12. The molecule has 1 aromatic heterocycles. The van der Waals surface area contributed by atoms with Crippen LogP contribution >= 0.6 is 0 Å². The number of ether oxygens (including phenoxy) is 2. The van der Waals surface area contributed by atoms with E-state index in [0.29, 0.717) is 29.2 Å². The fraction of sp³-hybridized carbons (Fsp3) is 0.267. The quantitative estimate of drug-likeness (QED) is 0.896. The fourth-order valence-corrected chi connectivity index (χ4v) is 2.14. The first-order valence-electron chi connectivity index (χ1n) is 7.08. The third-order valence-corrected chi connectivity index (χ3v) is 3.43. The van der Waals surface area contributed by atoms with Crippen molar-refractivity contribution in [2.75, 3.05) is 12.1 Å². The van der Waals surface area contributed by atoms with E-state index in [1.165, 1.54) is 0 Å². The first-order valence-corrected chi connectivity index (χ1v) is 7.08. The average Bonchev–Trinajstić information content (AvgIpc) is 3.22. The number of aromatic nitrogens is 2. The average molecular weight is 298 g/mol. The van der Waals surface area contributed by atoms with Crippen molar-refractivity contribution in [3.8, 4) is 11.5 Å². The summed E-state index contributed by atoms with van der Waals surface area (Å²) in [5, 5.41) is 5.96. The van der Waals surface area contributed by atoms with Gasteiger partial charge in [-0.1, -0.05) is 0 Å². The van der Waals surface area contributed by atoms with Gasteiger partial charge in [0.05, 0.1) is 0 Å². The van der Waals surface area contributed by atoms with Crippen molar-refractivity contribution in [1.29, 1.82) is 0 Å². The number of hydrogen-bond acceptors (Lipinski definition) is 6. The lowest BCUT2D eigenvalue weighted by atomic mass is 10.3. The zero-order valence-corrected chi connectivity index (χ0v) is 11.7. The lowest BCUT2D eigenvalue weighted by molar-refractivity contribution is 0.0946. The molecule has 0 atom stereocenters. The minimum atomic E-state index is -0.168. The van der Waals surface area contributed by atoms with Gasteiger partial charge in [0.1, 0.15) is 5.69 Å². The molecular weight excluding hydrogens is 284 g/mol. The second-order valence-electron chi connectivity index (χ2n) is 5.21. The van der Waals surface area contributed by atoms with Crippen LogP contribution in [0.2, 0.25) is 0 Å². The molecule has 0 radical (unpaired) electrons. The Morgan fingerprint density at radius 3 is 2.91 bits per heavy atom. The summed E-state index contributed by atoms with van der Waals surface area (Å²) in [6, 6.07) is 7.36. The Kier molecular flexibility index (Phi) is 3.03. The van der Waals surface area contributed by atoms with E-state index in [1.807, 2.05) is 18.2 Å². The fourth-order valence-electron chi connectivity index (χ4n) is 2.14. The minimum absolute atomic E-state index is 0.168. The maximum absolute atomic E-state index is 12.0. The summed E-state index contributed by atoms with van der Waals surface area (Å²) in [5.74, 6) is 1.58. The molecule has 1 fully saturated rings. The number of hydrogen-bond donors (Lipinski definition) is 2. The maximum atomic E-state index is 12.0. The van der Waals surface area contributed by atoms with Crippen LogP contribution in [0.25, 0.3) is 0 Å². The highest BCUT2D eigenvalue weighted by atomic mass is 16.7. The maximum Gasteiger partial charge on any atom is 0.270 e. The van der Waals surface area contributed by atoms with E-state index in [4.69, 9.17) is 9.47 Å². The highest BCUT2D eigenvalue weighted by Gasteiger charge is 2.24. The lowest BCUT2D eigenvalue weighted by Gasteiger charge is -2.07. The molecule has 2 heterocycles. The first kappa shape index (κ1) is 12.9. The Bertz CT molecular complexity index is 730. The number of amides is 1. The van der Waals surface area contributed by atoms with Gasteiger partial charge in [0.2, 0.25) is 12.7 Å². The predicted molar refractivity (Wildman–Crippen MR) is 78.4 cm³/mol. The second-order valence-corrected chi connectivity index (χ2v) is 5.21. The third kappa shape index (κ3) is 2.65. The topological polar surface area (TPSA) is 85.4 Å². The van der Waals surface area contributed by atoms with Crippen molar-refractivity contribution in [2.24, 2.45) is 0 Å². The summed E-state index contributed by atoms with van der Waals surface area (Å²) in [7, 11) is 0. The molecule has 1 aromatic carbocycles. The highest BCUT2D eigenvalue weighted by molar-refractivity contribution is 5.92. The monoisotopic (exact) mass is 298 g/mol. The van der Waals surface area contributed by atoms with Gasteiger partial charge in [-0.15, -0.1) is 0 Å². The van der Waals surface area contributed by atoms with E-state index in [2.05, 4.69) is 20.6 Å². The van der Waals surface area contributed by atoms with Crippen molar-refractivity contribution >= 4 is 17.5 Å². The number of rotatable bonds is 4. The van der Waals surface area contributed by atoms with Gasteiger partial charge in [-0.25, -0.2) is 9.97 Å². The molecule has 22 heavy (non-hydrogen) atoms. The molecule has 4 rings (SSSR count). The number of anilines is 2. The van der Waals surface area contributed by atoms with E-state index in [-0.39, 0.29) is 12.7 Å². The van der Waals surface area contributed by atoms with Crippen molar-refractivity contribution in [3.05, 3.63) is 36.2 Å². The Morgan fingerprint density at radius 1 is 1.18 bits per heavy atom. The van der Waals surface area contributed by atoms with E-state index >= 15 is 0 Å². The first-order chi connectivity index (χ1) is 10.8. The Morgan fingerprint density at radius 2 is 2.05 bits per heavy atom. The summed E-state index contributed by atoms with van der Waals surface area (Å²) in [6.45, 7) is 0.228. The standard InChI is InChI=1S/C15H14N4O3/c20-14(17-9-1-2-9)11-5-6-16-15(19-11)18-10-3-4-12-13(7-10)22-8-21-12/h3-7,9H,1-2,8H2,(H,17,20)(H,16,18,19). The molecule has 2 N–H and O–H groups in total. The number of carbonyl (C=O) groups is 1. The van der Waals surface area contributed by atoms with Gasteiger partial charge in [0.25, 0.3) is 5.91 Å². The van der Waals surface area contributed by atoms with Crippen LogP contribution in [0.5, 0.6) is 11.5 Å². The molecule has 7 nitrogen and oxygen atoms in total. The molecule has 1 aliphatic heterocycles. The van der Waals surface area contributed by atoms with E-state index in [0.717, 1.165) is 18.5 Å². The smallest absolute Gasteiger partial charge is 0.270 e. The number of fused-ring (bicyclic) bond motifs is 1. The normalized spacial score (nSPS) is 15.5. The van der Waals surface area contributed by atoms with Crippen LogP contribution in [0, 0.1) is 0 Å². The molecule has 1 saturated carbocycles. The summed E-state index contributed by atoms with van der Waals surface area (Å²) in [4.78, 5) is 20.4. The van der Waals surface area contributed by atoms with Gasteiger partial charge in [0, 0.05) is 24.0 Å². The molecule has 0 saturated heterocycles. The van der Waals surface area contributed by atoms with Crippen LogP contribution in [0.1, 0.15) is 23.3 Å². The number of nitrogens with zero attached hydrogens (tertiary/aromatic N) is 2. The largest absolute Gasteiger partial charge is 0.454 e. The van der Waals surface area contributed by atoms with Crippen molar-refractivity contribution in [3.63, 3.8) is 0 Å². The van der Waals surface area contributed by atoms with Crippen LogP contribution in [-0.4, -0.2) is 28.7 Å². The SMILES string of the molecule is O=C(NC1CC1)c1ccnc(Nc2ccc3c(c2)OCO3)n1. The van der Waals surface area contributed by atoms with Gasteiger partial charge in [-0.05, 0) is 31.0 Å². The molecule has 0 bridgehead atoms. The van der Waals surface area contributed by atoms with Crippen LogP contribution in [-0.2, 0) is 0 Å². The Balaban J connectivity index is 1.51. The van der Waals surface area contributed by atoms with E-state index < -0.39 is 0 Å². The molecule has 2 aromatic rings. The molecule has 1 aliphatic carbocycles. The minimum Gasteiger partial charge on any atom is -0.454 e. The van der Waals surface area contributed by atoms with Crippen molar-refractivity contribution in [2.45, 2.75) is 18.9 Å². The van der Waals surface area contributed by atoms with Crippen molar-refractivity contribution in [1.82, 2.24) is 15.3 Å². The van der Waals surface area contributed by atoms with Gasteiger partial charge in [-0.2, -0.15) is 0 Å². The third-order valence-electron chi connectivity index (χ3n) is 3.43. The van der Waals surface area contributed by atoms with Gasteiger partial charge >= 0.3 is 0 Å². The number of nitrogens with one attached hydrogen (secondary N) is 2.